The van der Waals surface area contributed by atoms with Crippen molar-refractivity contribution in [2.75, 3.05) is 0 Å². The topological polar surface area (TPSA) is 20.2 Å². The van der Waals surface area contributed by atoms with E-state index in [1.807, 2.05) is 16.9 Å². The molecule has 1 nitrogen and oxygen atoms in total. The van der Waals surface area contributed by atoms with Gasteiger partial charge in [0.25, 0.3) is 0 Å². The van der Waals surface area contributed by atoms with E-state index in [1.54, 1.807) is 0 Å². The number of hydrogen-bond donors (Lipinski definition) is 1. The van der Waals surface area contributed by atoms with Crippen LogP contribution < -0.4 is 0 Å². The third-order valence-electron chi connectivity index (χ3n) is 1.74. The van der Waals surface area contributed by atoms with E-state index in [2.05, 4.69) is 0 Å². The van der Waals surface area contributed by atoms with Gasteiger partial charge in [-0.1, -0.05) is 0 Å². The molecule has 0 aromatic rings. The van der Waals surface area contributed by atoms with E-state index < -0.39 is 0 Å². The summed E-state index contributed by atoms with van der Waals surface area (Å²) in [5.74, 6) is 0. The summed E-state index contributed by atoms with van der Waals surface area (Å²) >= 11 is 1.84. The molecule has 1 fully saturated rings. The molecule has 1 unspecified atom stereocenters. The average molecular weight is 176 g/mol. The van der Waals surface area contributed by atoms with Crippen molar-refractivity contribution in [1.82, 2.24) is 0 Å². The molecule has 2 heteroatoms. The van der Waals surface area contributed by atoms with E-state index in [0.717, 1.165) is 17.5 Å². The second-order valence-corrected chi connectivity index (χ2v) is 4.55. The SMILES string of the molecule is O[C@H]1CC[C@H]([AsH2])CC1. The summed E-state index contributed by atoms with van der Waals surface area (Å²) in [7, 11) is 0. The van der Waals surface area contributed by atoms with Gasteiger partial charge in [-0.3, -0.25) is 0 Å². The molecule has 0 bridgehead atoms. The van der Waals surface area contributed by atoms with Crippen molar-refractivity contribution in [2.24, 2.45) is 0 Å². The summed E-state index contributed by atoms with van der Waals surface area (Å²) in [6, 6.07) is 0. The molecule has 0 spiro atoms. The number of rotatable bonds is 0. The van der Waals surface area contributed by atoms with Gasteiger partial charge in [0.2, 0.25) is 0 Å². The standard InChI is InChI=1S/C6H13AsO/c7-5-1-3-6(8)4-2-5/h5-6,8H,1-4,7H2/t5-,6-. The average Bonchev–Trinajstić information content (AvgIpc) is 1.77. The quantitative estimate of drug-likeness (QED) is 0.528. The predicted octanol–water partition coefficient (Wildman–Crippen LogP) is 0.343. The molecular formula is C6H13AsO. The van der Waals surface area contributed by atoms with Gasteiger partial charge in [0, 0.05) is 0 Å². The van der Waals surface area contributed by atoms with Crippen LogP contribution in [-0.4, -0.2) is 28.1 Å². The van der Waals surface area contributed by atoms with Crippen LogP contribution in [0.2, 0.25) is 4.71 Å². The van der Waals surface area contributed by atoms with Gasteiger partial charge in [0.05, 0.1) is 0 Å². The predicted molar refractivity (Wildman–Crippen MR) is 36.8 cm³/mol. The van der Waals surface area contributed by atoms with Crippen molar-refractivity contribution < 1.29 is 5.11 Å². The van der Waals surface area contributed by atoms with Crippen molar-refractivity contribution in [3.63, 3.8) is 0 Å². The summed E-state index contributed by atoms with van der Waals surface area (Å²) in [6.07, 6.45) is 4.62. The monoisotopic (exact) mass is 176 g/mol. The van der Waals surface area contributed by atoms with Crippen LogP contribution >= 0.6 is 0 Å². The van der Waals surface area contributed by atoms with Crippen LogP contribution in [0.5, 0.6) is 0 Å². The summed E-state index contributed by atoms with van der Waals surface area (Å²) in [4.78, 5) is 0. The van der Waals surface area contributed by atoms with Gasteiger partial charge < -0.3 is 0 Å². The van der Waals surface area contributed by atoms with Gasteiger partial charge in [0.1, 0.15) is 0 Å². The molecule has 1 atom stereocenters. The first-order chi connectivity index (χ1) is 3.79. The Labute approximate surface area is 59.0 Å². The Morgan fingerprint density at radius 3 is 2.00 bits per heavy atom. The Hall–Kier alpha value is 0.518. The van der Waals surface area contributed by atoms with Crippen molar-refractivity contribution >= 4 is 16.9 Å². The van der Waals surface area contributed by atoms with E-state index in [0.29, 0.717) is 0 Å². The molecular weight excluding hydrogens is 163 g/mol. The van der Waals surface area contributed by atoms with E-state index in [1.165, 1.54) is 12.8 Å². The van der Waals surface area contributed by atoms with Gasteiger partial charge in [-0.25, -0.2) is 0 Å². The van der Waals surface area contributed by atoms with Gasteiger partial charge >= 0.3 is 58.5 Å². The van der Waals surface area contributed by atoms with Crippen LogP contribution in [-0.2, 0) is 0 Å². The molecule has 0 radical (unpaired) electrons. The van der Waals surface area contributed by atoms with Crippen molar-refractivity contribution in [1.29, 1.82) is 0 Å². The van der Waals surface area contributed by atoms with Crippen LogP contribution in [0.4, 0.5) is 0 Å². The molecule has 8 heavy (non-hydrogen) atoms. The van der Waals surface area contributed by atoms with Crippen LogP contribution in [0.3, 0.4) is 0 Å². The fourth-order valence-electron chi connectivity index (χ4n) is 1.10. The van der Waals surface area contributed by atoms with Crippen LogP contribution in [0.15, 0.2) is 0 Å². The van der Waals surface area contributed by atoms with Gasteiger partial charge in [-0.15, -0.1) is 0 Å². The zero-order valence-electron chi connectivity index (χ0n) is 5.01. The van der Waals surface area contributed by atoms with Gasteiger partial charge in [0.15, 0.2) is 0 Å². The first kappa shape index (κ1) is 6.64. The molecule has 0 heterocycles. The summed E-state index contributed by atoms with van der Waals surface area (Å²) in [6.45, 7) is 0. The summed E-state index contributed by atoms with van der Waals surface area (Å²) < 4.78 is 0.922. The maximum absolute atomic E-state index is 9.03. The van der Waals surface area contributed by atoms with Crippen LogP contribution in [0, 0.1) is 0 Å². The second kappa shape index (κ2) is 2.89. The molecule has 48 valence electrons. The second-order valence-electron chi connectivity index (χ2n) is 2.57. The normalized spacial score (nSPS) is 39.8. The molecule has 0 amide bonds. The van der Waals surface area contributed by atoms with Crippen molar-refractivity contribution in [3.05, 3.63) is 0 Å². The Morgan fingerprint density at radius 2 is 1.62 bits per heavy atom. The molecule has 0 aromatic heterocycles. The van der Waals surface area contributed by atoms with Crippen molar-refractivity contribution in [2.45, 2.75) is 36.5 Å². The first-order valence-corrected chi connectivity index (χ1v) is 4.62. The fraction of sp³-hybridized carbons (Fsp3) is 1.00. The molecule has 0 aromatic carbocycles. The molecule has 0 aliphatic heterocycles. The van der Waals surface area contributed by atoms with Crippen LogP contribution in [0.25, 0.3) is 0 Å². The Morgan fingerprint density at radius 1 is 1.12 bits per heavy atom. The summed E-state index contributed by atoms with van der Waals surface area (Å²) in [5.41, 5.74) is 0. The first-order valence-electron chi connectivity index (χ1n) is 3.22. The fourth-order valence-corrected chi connectivity index (χ4v) is 1.91. The Kier molecular flexibility index (Phi) is 2.40. The van der Waals surface area contributed by atoms with Gasteiger partial charge in [-0.2, -0.15) is 0 Å². The maximum atomic E-state index is 9.03. The third-order valence-corrected chi connectivity index (χ3v) is 3.14. The zero-order chi connectivity index (χ0) is 5.98. The molecule has 1 aliphatic rings. The number of hydrogen-bond acceptors (Lipinski definition) is 1. The number of aliphatic hydroxyl groups is 1. The van der Waals surface area contributed by atoms with Crippen LogP contribution in [0.1, 0.15) is 25.7 Å². The molecule has 1 aliphatic carbocycles. The minimum atomic E-state index is 0.0296. The van der Waals surface area contributed by atoms with E-state index >= 15 is 0 Å². The van der Waals surface area contributed by atoms with Gasteiger partial charge in [-0.05, 0) is 0 Å². The molecule has 1 rings (SSSR count). The minimum absolute atomic E-state index is 0.0296. The third kappa shape index (κ3) is 1.79. The van der Waals surface area contributed by atoms with Crippen molar-refractivity contribution in [3.8, 4) is 0 Å². The van der Waals surface area contributed by atoms with E-state index in [-0.39, 0.29) is 6.10 Å². The zero-order valence-corrected chi connectivity index (χ0v) is 7.43. The number of aliphatic hydroxyl groups excluding tert-OH is 1. The van der Waals surface area contributed by atoms with E-state index in [9.17, 15) is 0 Å². The Bertz CT molecular complexity index is 56.9. The molecule has 1 saturated carbocycles. The molecule has 1 N–H and O–H groups in total. The summed E-state index contributed by atoms with van der Waals surface area (Å²) in [5, 5.41) is 9.03. The Balaban J connectivity index is 2.19. The van der Waals surface area contributed by atoms with E-state index in [4.69, 9.17) is 5.11 Å². The molecule has 0 saturated heterocycles.